The van der Waals surface area contributed by atoms with E-state index in [4.69, 9.17) is 14.5 Å². The van der Waals surface area contributed by atoms with Crippen molar-refractivity contribution < 1.29 is 14.3 Å². The number of carbonyl (C=O) groups is 1. The molecule has 0 spiro atoms. The van der Waals surface area contributed by atoms with Gasteiger partial charge in [0.2, 0.25) is 0 Å². The van der Waals surface area contributed by atoms with E-state index >= 15 is 0 Å². The van der Waals surface area contributed by atoms with Crippen LogP contribution in [0.15, 0.2) is 60.0 Å². The number of nitrogens with zero attached hydrogens (tertiary/aromatic N) is 2. The second-order valence-corrected chi connectivity index (χ2v) is 7.30. The lowest BCUT2D eigenvalue weighted by Crippen LogP contribution is -2.07. The predicted octanol–water partition coefficient (Wildman–Crippen LogP) is 5.03. The summed E-state index contributed by atoms with van der Waals surface area (Å²) in [5.74, 6) is 0.377. The minimum atomic E-state index is -0.390. The molecule has 0 atom stereocenters. The summed E-state index contributed by atoms with van der Waals surface area (Å²) in [6, 6.07) is 16.9. The number of aromatic nitrogens is 2. The highest BCUT2D eigenvalue weighted by Crippen LogP contribution is 2.27. The van der Waals surface area contributed by atoms with Crippen molar-refractivity contribution in [1.82, 2.24) is 9.97 Å². The molecule has 0 amide bonds. The number of esters is 1. The second-order valence-electron chi connectivity index (χ2n) is 6.23. The monoisotopic (exact) mass is 390 g/mol. The smallest absolute Gasteiger partial charge is 0.339 e. The van der Waals surface area contributed by atoms with Crippen molar-refractivity contribution in [3.63, 3.8) is 0 Å². The Kier molecular flexibility index (Phi) is 5.04. The fourth-order valence-corrected chi connectivity index (χ4v) is 3.54. The maximum absolute atomic E-state index is 12.8. The predicted molar refractivity (Wildman–Crippen MR) is 110 cm³/mol. The zero-order chi connectivity index (χ0) is 19.5. The minimum absolute atomic E-state index is 0.150. The SMILES string of the molecule is COc1ccc(-c2cc(C(=O)OCc3csc(C)n3)c3ccccc3n2)cc1. The Morgan fingerprint density at radius 2 is 1.86 bits per heavy atom. The maximum Gasteiger partial charge on any atom is 0.339 e. The Labute approximate surface area is 166 Å². The first kappa shape index (κ1) is 18.1. The van der Waals surface area contributed by atoms with Gasteiger partial charge in [0.05, 0.1) is 34.6 Å². The Morgan fingerprint density at radius 1 is 1.07 bits per heavy atom. The molecule has 0 radical (unpaired) electrons. The molecule has 2 aromatic carbocycles. The molecule has 0 aliphatic carbocycles. The van der Waals surface area contributed by atoms with Crippen molar-refractivity contribution in [2.75, 3.05) is 7.11 Å². The number of aryl methyl sites for hydroxylation is 1. The summed E-state index contributed by atoms with van der Waals surface area (Å²) in [5, 5.41) is 3.61. The Balaban J connectivity index is 1.70. The number of methoxy groups -OCH3 is 1. The van der Waals surface area contributed by atoms with Gasteiger partial charge in [-0.25, -0.2) is 14.8 Å². The highest BCUT2D eigenvalue weighted by molar-refractivity contribution is 7.09. The third-order valence-electron chi connectivity index (χ3n) is 4.34. The third-order valence-corrected chi connectivity index (χ3v) is 5.16. The lowest BCUT2D eigenvalue weighted by molar-refractivity contribution is 0.0470. The van der Waals surface area contributed by atoms with Gasteiger partial charge in [-0.1, -0.05) is 18.2 Å². The van der Waals surface area contributed by atoms with Crippen LogP contribution in [0, 0.1) is 6.92 Å². The average Bonchev–Trinajstić information content (AvgIpc) is 3.16. The summed E-state index contributed by atoms with van der Waals surface area (Å²) in [7, 11) is 1.63. The summed E-state index contributed by atoms with van der Waals surface area (Å²) in [6.45, 7) is 2.07. The summed E-state index contributed by atoms with van der Waals surface area (Å²) in [5.41, 5.74) is 3.59. The molecule has 6 heteroatoms. The van der Waals surface area contributed by atoms with Crippen LogP contribution in [-0.2, 0) is 11.3 Å². The number of pyridine rings is 1. The van der Waals surface area contributed by atoms with Gasteiger partial charge in [0.15, 0.2) is 0 Å². The number of hydrogen-bond donors (Lipinski definition) is 0. The molecule has 0 bridgehead atoms. The van der Waals surface area contributed by atoms with Crippen LogP contribution >= 0.6 is 11.3 Å². The van der Waals surface area contributed by atoms with Crippen molar-refractivity contribution in [1.29, 1.82) is 0 Å². The van der Waals surface area contributed by atoms with Gasteiger partial charge in [-0.2, -0.15) is 0 Å². The molecule has 2 aromatic heterocycles. The molecule has 28 heavy (non-hydrogen) atoms. The van der Waals surface area contributed by atoms with Crippen molar-refractivity contribution >= 4 is 28.2 Å². The van der Waals surface area contributed by atoms with Crippen LogP contribution in [0.25, 0.3) is 22.2 Å². The number of para-hydroxylation sites is 1. The topological polar surface area (TPSA) is 61.3 Å². The largest absolute Gasteiger partial charge is 0.497 e. The van der Waals surface area contributed by atoms with Crippen molar-refractivity contribution in [3.05, 3.63) is 76.2 Å². The van der Waals surface area contributed by atoms with Crippen molar-refractivity contribution in [3.8, 4) is 17.0 Å². The number of rotatable bonds is 5. The van der Waals surface area contributed by atoms with E-state index in [2.05, 4.69) is 4.98 Å². The lowest BCUT2D eigenvalue weighted by Gasteiger charge is -2.10. The normalized spacial score (nSPS) is 10.8. The van der Waals surface area contributed by atoms with Gasteiger partial charge >= 0.3 is 5.97 Å². The molecule has 0 aliphatic rings. The molecule has 0 unspecified atom stereocenters. The minimum Gasteiger partial charge on any atom is -0.497 e. The molecule has 0 N–H and O–H groups in total. The first-order chi connectivity index (χ1) is 13.6. The molecule has 0 saturated carbocycles. The molecule has 140 valence electrons. The van der Waals surface area contributed by atoms with Gasteiger partial charge < -0.3 is 9.47 Å². The van der Waals surface area contributed by atoms with Crippen molar-refractivity contribution in [2.24, 2.45) is 0 Å². The Bertz CT molecular complexity index is 1140. The second kappa shape index (κ2) is 7.78. The Hall–Kier alpha value is -3.25. The van der Waals surface area contributed by atoms with Gasteiger partial charge in [0, 0.05) is 16.3 Å². The van der Waals surface area contributed by atoms with E-state index in [1.165, 1.54) is 11.3 Å². The van der Waals surface area contributed by atoms with E-state index in [0.717, 1.165) is 32.9 Å². The van der Waals surface area contributed by atoms with E-state index < -0.39 is 0 Å². The van der Waals surface area contributed by atoms with E-state index in [-0.39, 0.29) is 12.6 Å². The van der Waals surface area contributed by atoms with Gasteiger partial charge in [-0.3, -0.25) is 0 Å². The highest BCUT2D eigenvalue weighted by atomic mass is 32.1. The van der Waals surface area contributed by atoms with E-state index in [1.54, 1.807) is 13.2 Å². The number of thiazole rings is 1. The molecule has 4 rings (SSSR count). The Morgan fingerprint density at radius 3 is 2.57 bits per heavy atom. The molecular formula is C22H18N2O3S. The average molecular weight is 390 g/mol. The van der Waals surface area contributed by atoms with Crippen LogP contribution in [0.2, 0.25) is 0 Å². The quantitative estimate of drug-likeness (QED) is 0.447. The fourth-order valence-electron chi connectivity index (χ4n) is 2.95. The van der Waals surface area contributed by atoms with Crippen LogP contribution in [0.4, 0.5) is 0 Å². The van der Waals surface area contributed by atoms with E-state index in [1.807, 2.05) is 60.8 Å². The molecule has 2 heterocycles. The number of hydrogen-bond acceptors (Lipinski definition) is 6. The third kappa shape index (κ3) is 3.73. The van der Waals surface area contributed by atoms with E-state index in [9.17, 15) is 4.79 Å². The lowest BCUT2D eigenvalue weighted by atomic mass is 10.0. The van der Waals surface area contributed by atoms with Crippen molar-refractivity contribution in [2.45, 2.75) is 13.5 Å². The number of fused-ring (bicyclic) bond motifs is 1. The summed E-state index contributed by atoms with van der Waals surface area (Å²) in [6.07, 6.45) is 0. The number of ether oxygens (including phenoxy) is 2. The number of benzene rings is 2. The van der Waals surface area contributed by atoms with Crippen LogP contribution in [0.1, 0.15) is 21.1 Å². The fraction of sp³-hybridized carbons (Fsp3) is 0.136. The zero-order valence-electron chi connectivity index (χ0n) is 15.5. The molecule has 4 aromatic rings. The number of carbonyl (C=O) groups excluding carboxylic acids is 1. The maximum atomic E-state index is 12.8. The summed E-state index contributed by atoms with van der Waals surface area (Å²) < 4.78 is 10.7. The van der Waals surface area contributed by atoms with Gasteiger partial charge in [-0.15, -0.1) is 11.3 Å². The molecule has 5 nitrogen and oxygen atoms in total. The first-order valence-corrected chi connectivity index (χ1v) is 9.64. The molecule has 0 aliphatic heterocycles. The summed E-state index contributed by atoms with van der Waals surface area (Å²) in [4.78, 5) is 21.9. The zero-order valence-corrected chi connectivity index (χ0v) is 16.3. The van der Waals surface area contributed by atoms with Crippen LogP contribution in [-0.4, -0.2) is 23.0 Å². The first-order valence-electron chi connectivity index (χ1n) is 8.76. The molecule has 0 saturated heterocycles. The van der Waals surface area contributed by atoms with E-state index in [0.29, 0.717) is 11.3 Å². The molecule has 0 fully saturated rings. The van der Waals surface area contributed by atoms with Gasteiger partial charge in [-0.05, 0) is 43.3 Å². The molecular weight excluding hydrogens is 372 g/mol. The van der Waals surface area contributed by atoms with Gasteiger partial charge in [0.25, 0.3) is 0 Å². The highest BCUT2D eigenvalue weighted by Gasteiger charge is 2.16. The van der Waals surface area contributed by atoms with Gasteiger partial charge in [0.1, 0.15) is 12.4 Å². The standard InChI is InChI=1S/C22H18N2O3S/c1-14-23-16(13-28-14)12-27-22(25)19-11-21(15-7-9-17(26-2)10-8-15)24-20-6-4-3-5-18(19)20/h3-11,13H,12H2,1-2H3. The summed E-state index contributed by atoms with van der Waals surface area (Å²) >= 11 is 1.53. The van der Waals surface area contributed by atoms with Crippen LogP contribution in [0.5, 0.6) is 5.75 Å². The van der Waals surface area contributed by atoms with Crippen LogP contribution < -0.4 is 4.74 Å². The van der Waals surface area contributed by atoms with Crippen LogP contribution in [0.3, 0.4) is 0 Å².